The van der Waals surface area contributed by atoms with Gasteiger partial charge in [-0.1, -0.05) is 24.1 Å². The Kier molecular flexibility index (Phi) is 4.48. The van der Waals surface area contributed by atoms with Gasteiger partial charge in [-0.15, -0.1) is 5.92 Å². The molecule has 1 atom stereocenters. The van der Waals surface area contributed by atoms with Gasteiger partial charge in [0.25, 0.3) is 0 Å². The average Bonchev–Trinajstić information content (AvgIpc) is 3.00. The molecule has 5 heteroatoms. The molecule has 0 saturated heterocycles. The monoisotopic (exact) mass is 326 g/mol. The highest BCUT2D eigenvalue weighted by Crippen LogP contribution is 2.26. The lowest BCUT2D eigenvalue weighted by atomic mass is 10.1. The number of nitrogens with zero attached hydrogens (tertiary/aromatic N) is 2. The first-order valence-corrected chi connectivity index (χ1v) is 7.54. The molecule has 0 spiro atoms. The summed E-state index contributed by atoms with van der Waals surface area (Å²) in [6, 6.07) is 12.5. The van der Waals surface area contributed by atoms with E-state index in [4.69, 9.17) is 0 Å². The molecule has 0 aliphatic carbocycles. The molecule has 122 valence electrons. The zero-order chi connectivity index (χ0) is 17.1. The maximum absolute atomic E-state index is 12.2. The van der Waals surface area contributed by atoms with E-state index in [1.54, 1.807) is 25.3 Å². The number of rotatable bonds is 4. The van der Waals surface area contributed by atoms with Gasteiger partial charge in [0, 0.05) is 10.9 Å². The van der Waals surface area contributed by atoms with E-state index >= 15 is 0 Å². The van der Waals surface area contributed by atoms with Crippen LogP contribution in [0, 0.1) is 11.8 Å². The summed E-state index contributed by atoms with van der Waals surface area (Å²) in [6.45, 7) is 0.990. The van der Waals surface area contributed by atoms with E-state index in [9.17, 15) is 8.78 Å². The van der Waals surface area contributed by atoms with Gasteiger partial charge in [0.2, 0.25) is 0 Å². The third-order valence-corrected chi connectivity index (χ3v) is 3.86. The summed E-state index contributed by atoms with van der Waals surface area (Å²) in [6.07, 6.45) is 1.81. The third kappa shape index (κ3) is 3.09. The average molecular weight is 326 g/mol. The standard InChI is InChI=1S/C19H16F2N2O/c1-3-5-15-6-4-7-18-17(15)12-22-23(18)13(2)14-8-10-16(11-9-14)24-19(20)21/h4,6-13,19H,1-2H3. The van der Waals surface area contributed by atoms with E-state index in [1.807, 2.05) is 29.8 Å². The van der Waals surface area contributed by atoms with Gasteiger partial charge in [-0.25, -0.2) is 0 Å². The SMILES string of the molecule is CC#Cc1cccc2c1cnn2C(C)c1ccc(OC(F)F)cc1. The Bertz CT molecular complexity index is 905. The van der Waals surface area contributed by atoms with Crippen molar-refractivity contribution in [3.05, 3.63) is 59.8 Å². The summed E-state index contributed by atoms with van der Waals surface area (Å²) in [5, 5.41) is 5.48. The number of benzene rings is 2. The summed E-state index contributed by atoms with van der Waals surface area (Å²) in [5.41, 5.74) is 2.87. The topological polar surface area (TPSA) is 27.1 Å². The number of hydrogen-bond donors (Lipinski definition) is 0. The largest absolute Gasteiger partial charge is 0.435 e. The van der Waals surface area contributed by atoms with E-state index < -0.39 is 6.61 Å². The Hall–Kier alpha value is -2.87. The first-order chi connectivity index (χ1) is 11.6. The van der Waals surface area contributed by atoms with Crippen LogP contribution in [0.5, 0.6) is 5.75 Å². The van der Waals surface area contributed by atoms with E-state index in [2.05, 4.69) is 21.7 Å². The molecular weight excluding hydrogens is 310 g/mol. The van der Waals surface area contributed by atoms with Crippen LogP contribution in [0.1, 0.15) is 31.0 Å². The van der Waals surface area contributed by atoms with Crippen LogP contribution in [-0.2, 0) is 0 Å². The van der Waals surface area contributed by atoms with E-state index in [0.29, 0.717) is 0 Å². The highest BCUT2D eigenvalue weighted by Gasteiger charge is 2.14. The fourth-order valence-corrected chi connectivity index (χ4v) is 2.69. The van der Waals surface area contributed by atoms with Crippen LogP contribution in [0.3, 0.4) is 0 Å². The van der Waals surface area contributed by atoms with Crippen LogP contribution >= 0.6 is 0 Å². The number of hydrogen-bond acceptors (Lipinski definition) is 2. The highest BCUT2D eigenvalue weighted by atomic mass is 19.3. The molecule has 24 heavy (non-hydrogen) atoms. The third-order valence-electron chi connectivity index (χ3n) is 3.86. The fraction of sp³-hybridized carbons (Fsp3) is 0.211. The van der Waals surface area contributed by atoms with E-state index in [-0.39, 0.29) is 11.8 Å². The van der Waals surface area contributed by atoms with Crippen molar-refractivity contribution in [2.75, 3.05) is 0 Å². The van der Waals surface area contributed by atoms with Gasteiger partial charge in [0.05, 0.1) is 17.8 Å². The molecule has 3 aromatic rings. The molecule has 1 heterocycles. The van der Waals surface area contributed by atoms with Crippen LogP contribution in [0.2, 0.25) is 0 Å². The molecule has 0 bridgehead atoms. The molecular formula is C19H16F2N2O. The van der Waals surface area contributed by atoms with E-state index in [1.165, 1.54) is 12.1 Å². The Labute approximate surface area is 138 Å². The van der Waals surface area contributed by atoms with Gasteiger partial charge in [-0.3, -0.25) is 4.68 Å². The van der Waals surface area contributed by atoms with Gasteiger partial charge in [0.1, 0.15) is 5.75 Å². The quantitative estimate of drug-likeness (QED) is 0.654. The number of alkyl halides is 2. The molecule has 1 aromatic heterocycles. The van der Waals surface area contributed by atoms with Crippen LogP contribution in [-0.4, -0.2) is 16.4 Å². The van der Waals surface area contributed by atoms with Crippen LogP contribution in [0.25, 0.3) is 10.9 Å². The summed E-state index contributed by atoms with van der Waals surface area (Å²) < 4.78 is 30.7. The summed E-state index contributed by atoms with van der Waals surface area (Å²) in [5.74, 6) is 6.13. The predicted octanol–water partition coefficient (Wildman–Crippen LogP) is 4.62. The maximum atomic E-state index is 12.2. The zero-order valence-electron chi connectivity index (χ0n) is 13.3. The van der Waals surface area contributed by atoms with Crippen LogP contribution < -0.4 is 4.74 Å². The summed E-state index contributed by atoms with van der Waals surface area (Å²) in [7, 11) is 0. The van der Waals surface area contributed by atoms with Crippen LogP contribution in [0.4, 0.5) is 8.78 Å². The van der Waals surface area contributed by atoms with Gasteiger partial charge in [-0.05, 0) is 43.7 Å². The number of halogens is 2. The van der Waals surface area contributed by atoms with Gasteiger partial charge in [0.15, 0.2) is 0 Å². The van der Waals surface area contributed by atoms with Crippen LogP contribution in [0.15, 0.2) is 48.7 Å². The molecule has 3 nitrogen and oxygen atoms in total. The normalized spacial score (nSPS) is 12.0. The zero-order valence-corrected chi connectivity index (χ0v) is 13.3. The molecule has 0 fully saturated rings. The lowest BCUT2D eigenvalue weighted by Gasteiger charge is -2.15. The smallest absolute Gasteiger partial charge is 0.387 e. The predicted molar refractivity (Wildman–Crippen MR) is 89.2 cm³/mol. The van der Waals surface area contributed by atoms with Gasteiger partial charge < -0.3 is 4.74 Å². The number of fused-ring (bicyclic) bond motifs is 1. The second kappa shape index (κ2) is 6.71. The highest BCUT2D eigenvalue weighted by molar-refractivity contribution is 5.85. The van der Waals surface area contributed by atoms with Crippen molar-refractivity contribution >= 4 is 10.9 Å². The van der Waals surface area contributed by atoms with Crippen molar-refractivity contribution in [2.24, 2.45) is 0 Å². The Balaban J connectivity index is 1.95. The van der Waals surface area contributed by atoms with Crippen molar-refractivity contribution in [2.45, 2.75) is 26.5 Å². The van der Waals surface area contributed by atoms with Crippen molar-refractivity contribution < 1.29 is 13.5 Å². The molecule has 0 amide bonds. The van der Waals surface area contributed by atoms with Gasteiger partial charge >= 0.3 is 6.61 Å². The molecule has 1 unspecified atom stereocenters. The minimum Gasteiger partial charge on any atom is -0.435 e. The van der Waals surface area contributed by atoms with Gasteiger partial charge in [-0.2, -0.15) is 13.9 Å². The summed E-state index contributed by atoms with van der Waals surface area (Å²) in [4.78, 5) is 0. The van der Waals surface area contributed by atoms with Crippen molar-refractivity contribution in [1.82, 2.24) is 9.78 Å². The fourth-order valence-electron chi connectivity index (χ4n) is 2.69. The van der Waals surface area contributed by atoms with E-state index in [0.717, 1.165) is 22.0 Å². The molecule has 0 N–H and O–H groups in total. The molecule has 0 aliphatic heterocycles. The number of aromatic nitrogens is 2. The maximum Gasteiger partial charge on any atom is 0.387 e. The lowest BCUT2D eigenvalue weighted by Crippen LogP contribution is -2.08. The lowest BCUT2D eigenvalue weighted by molar-refractivity contribution is -0.0498. The minimum absolute atomic E-state index is 0.0482. The Morgan fingerprint density at radius 1 is 1.12 bits per heavy atom. The summed E-state index contributed by atoms with van der Waals surface area (Å²) >= 11 is 0. The van der Waals surface area contributed by atoms with Crippen molar-refractivity contribution in [3.63, 3.8) is 0 Å². The molecule has 0 saturated carbocycles. The van der Waals surface area contributed by atoms with Crippen molar-refractivity contribution in [1.29, 1.82) is 0 Å². The molecule has 0 radical (unpaired) electrons. The second-order valence-electron chi connectivity index (χ2n) is 5.33. The Morgan fingerprint density at radius 3 is 2.54 bits per heavy atom. The second-order valence-corrected chi connectivity index (χ2v) is 5.33. The molecule has 2 aromatic carbocycles. The Morgan fingerprint density at radius 2 is 1.88 bits per heavy atom. The number of ether oxygens (including phenoxy) is 1. The first-order valence-electron chi connectivity index (χ1n) is 7.54. The first kappa shape index (κ1) is 16.0. The molecule has 3 rings (SSSR count). The van der Waals surface area contributed by atoms with Crippen molar-refractivity contribution in [3.8, 4) is 17.6 Å². The molecule has 0 aliphatic rings. The minimum atomic E-state index is -2.82.